The SMILES string of the molecule is CN1C(=O)C2CC(C)(OC(C)(C)C)C2(C#N)N(C)C1=O. The molecule has 20 heavy (non-hydrogen) atoms. The van der Waals surface area contributed by atoms with Crippen LogP contribution in [0, 0.1) is 17.2 Å². The maximum atomic E-state index is 12.2. The highest BCUT2D eigenvalue weighted by Gasteiger charge is 2.74. The quantitative estimate of drug-likeness (QED) is 0.726. The van der Waals surface area contributed by atoms with Crippen LogP contribution in [-0.4, -0.2) is 52.6 Å². The minimum absolute atomic E-state index is 0.301. The van der Waals surface area contributed by atoms with Crippen LogP contribution in [0.5, 0.6) is 0 Å². The summed E-state index contributed by atoms with van der Waals surface area (Å²) in [5, 5.41) is 9.70. The predicted molar refractivity (Wildman–Crippen MR) is 71.6 cm³/mol. The summed E-state index contributed by atoms with van der Waals surface area (Å²) >= 11 is 0. The molecular weight excluding hydrogens is 258 g/mol. The van der Waals surface area contributed by atoms with Gasteiger partial charge in [0.1, 0.15) is 5.60 Å². The second kappa shape index (κ2) is 3.95. The predicted octanol–water partition coefficient (Wildman–Crippen LogP) is 1.37. The minimum atomic E-state index is -1.22. The number of rotatable bonds is 1. The zero-order valence-corrected chi connectivity index (χ0v) is 12.9. The van der Waals surface area contributed by atoms with Gasteiger partial charge in [-0.2, -0.15) is 5.26 Å². The third-order valence-electron chi connectivity index (χ3n) is 4.34. The van der Waals surface area contributed by atoms with E-state index in [2.05, 4.69) is 6.07 Å². The third kappa shape index (κ3) is 1.59. The van der Waals surface area contributed by atoms with Crippen molar-refractivity contribution in [3.63, 3.8) is 0 Å². The molecule has 3 atom stereocenters. The molecule has 0 aromatic rings. The number of amides is 3. The standard InChI is InChI=1S/C14H21N3O3/c1-12(2,3)20-13(4)7-9-10(18)16(5)11(19)17(6)14(9,13)8-15/h9H,7H2,1-6H3. The van der Waals surface area contributed by atoms with Crippen LogP contribution >= 0.6 is 0 Å². The Morgan fingerprint density at radius 1 is 1.35 bits per heavy atom. The molecule has 0 aromatic carbocycles. The Morgan fingerprint density at radius 2 is 1.90 bits per heavy atom. The number of ether oxygens (including phenoxy) is 1. The van der Waals surface area contributed by atoms with E-state index in [0.29, 0.717) is 6.42 Å². The number of nitriles is 1. The van der Waals surface area contributed by atoms with E-state index in [4.69, 9.17) is 4.74 Å². The molecule has 3 unspecified atom stereocenters. The van der Waals surface area contributed by atoms with Crippen LogP contribution in [0.2, 0.25) is 0 Å². The molecule has 1 saturated heterocycles. The Balaban J connectivity index is 2.47. The van der Waals surface area contributed by atoms with Crippen molar-refractivity contribution in [1.29, 1.82) is 5.26 Å². The number of nitrogens with zero attached hydrogens (tertiary/aromatic N) is 3. The van der Waals surface area contributed by atoms with Gasteiger partial charge in [-0.25, -0.2) is 4.79 Å². The van der Waals surface area contributed by atoms with Crippen molar-refractivity contribution in [1.82, 2.24) is 9.80 Å². The van der Waals surface area contributed by atoms with Crippen molar-refractivity contribution in [2.24, 2.45) is 5.92 Å². The fraction of sp³-hybridized carbons (Fsp3) is 0.786. The summed E-state index contributed by atoms with van der Waals surface area (Å²) in [4.78, 5) is 26.8. The Morgan fingerprint density at radius 3 is 2.35 bits per heavy atom. The summed E-state index contributed by atoms with van der Waals surface area (Å²) in [5.74, 6) is -0.822. The molecule has 0 spiro atoms. The van der Waals surface area contributed by atoms with E-state index in [0.717, 1.165) is 4.90 Å². The average Bonchev–Trinajstić information content (AvgIpc) is 2.31. The summed E-state index contributed by atoms with van der Waals surface area (Å²) in [6.07, 6.45) is 0.443. The van der Waals surface area contributed by atoms with Gasteiger partial charge in [0.05, 0.1) is 17.6 Å². The molecule has 110 valence electrons. The van der Waals surface area contributed by atoms with Crippen LogP contribution in [0.3, 0.4) is 0 Å². The lowest BCUT2D eigenvalue weighted by Crippen LogP contribution is -2.82. The Hall–Kier alpha value is -1.61. The lowest BCUT2D eigenvalue weighted by atomic mass is 9.54. The first-order valence-corrected chi connectivity index (χ1v) is 6.67. The van der Waals surface area contributed by atoms with Gasteiger partial charge in [0.15, 0.2) is 5.54 Å². The maximum Gasteiger partial charge on any atom is 0.327 e. The van der Waals surface area contributed by atoms with Crippen LogP contribution in [0.1, 0.15) is 34.1 Å². The molecule has 1 aliphatic carbocycles. The fourth-order valence-electron chi connectivity index (χ4n) is 3.56. The van der Waals surface area contributed by atoms with Crippen molar-refractivity contribution in [2.75, 3.05) is 14.1 Å². The first-order chi connectivity index (χ1) is 9.00. The number of urea groups is 1. The molecule has 2 aliphatic rings. The summed E-state index contributed by atoms with van der Waals surface area (Å²) < 4.78 is 6.04. The highest BCUT2D eigenvalue weighted by Crippen LogP contribution is 2.56. The second-order valence-electron chi connectivity index (χ2n) is 6.82. The molecule has 6 nitrogen and oxygen atoms in total. The smallest absolute Gasteiger partial charge is 0.327 e. The summed E-state index contributed by atoms with van der Waals surface area (Å²) in [5.41, 5.74) is -2.52. The van der Waals surface area contributed by atoms with Gasteiger partial charge in [-0.05, 0) is 34.1 Å². The third-order valence-corrected chi connectivity index (χ3v) is 4.34. The maximum absolute atomic E-state index is 12.2. The molecule has 1 saturated carbocycles. The molecule has 2 rings (SSSR count). The van der Waals surface area contributed by atoms with Crippen LogP contribution in [0.15, 0.2) is 0 Å². The zero-order valence-electron chi connectivity index (χ0n) is 12.9. The molecule has 0 bridgehead atoms. The van der Waals surface area contributed by atoms with Gasteiger partial charge in [0.2, 0.25) is 5.91 Å². The van der Waals surface area contributed by atoms with Gasteiger partial charge >= 0.3 is 6.03 Å². The van der Waals surface area contributed by atoms with E-state index >= 15 is 0 Å². The van der Waals surface area contributed by atoms with Crippen LogP contribution in [0.25, 0.3) is 0 Å². The molecule has 3 amide bonds. The highest BCUT2D eigenvalue weighted by atomic mass is 16.5. The van der Waals surface area contributed by atoms with Gasteiger partial charge in [0.25, 0.3) is 0 Å². The molecule has 0 radical (unpaired) electrons. The highest BCUT2D eigenvalue weighted by molar-refractivity contribution is 6.01. The Kier molecular flexibility index (Phi) is 2.92. The topological polar surface area (TPSA) is 73.6 Å². The van der Waals surface area contributed by atoms with E-state index in [1.54, 1.807) is 14.0 Å². The number of carbonyl (C=O) groups is 2. The first-order valence-electron chi connectivity index (χ1n) is 6.67. The molecule has 0 aromatic heterocycles. The van der Waals surface area contributed by atoms with Gasteiger partial charge in [0, 0.05) is 14.1 Å². The van der Waals surface area contributed by atoms with Gasteiger partial charge in [-0.3, -0.25) is 9.69 Å². The molecule has 0 N–H and O–H groups in total. The lowest BCUT2D eigenvalue weighted by Gasteiger charge is -2.64. The number of likely N-dealkylation sites (N-methyl/N-ethyl adjacent to an activating group) is 1. The van der Waals surface area contributed by atoms with Crippen LogP contribution in [0.4, 0.5) is 4.79 Å². The van der Waals surface area contributed by atoms with E-state index in [9.17, 15) is 14.9 Å². The normalized spacial score (nSPS) is 37.4. The number of fused-ring (bicyclic) bond motifs is 1. The zero-order chi connectivity index (χ0) is 15.5. The fourth-order valence-corrected chi connectivity index (χ4v) is 3.56. The summed E-state index contributed by atoms with van der Waals surface area (Å²) in [7, 11) is 3.01. The molecule has 6 heteroatoms. The van der Waals surface area contributed by atoms with E-state index < -0.39 is 28.7 Å². The van der Waals surface area contributed by atoms with E-state index in [1.165, 1.54) is 11.9 Å². The first kappa shape index (κ1) is 14.8. The lowest BCUT2D eigenvalue weighted by molar-refractivity contribution is -0.250. The van der Waals surface area contributed by atoms with E-state index in [1.807, 2.05) is 20.8 Å². The summed E-state index contributed by atoms with van der Waals surface area (Å²) in [6.45, 7) is 7.50. The molecular formula is C14H21N3O3. The van der Waals surface area contributed by atoms with Gasteiger partial charge in [-0.15, -0.1) is 0 Å². The summed E-state index contributed by atoms with van der Waals surface area (Å²) in [6, 6.07) is 1.73. The van der Waals surface area contributed by atoms with Crippen molar-refractivity contribution in [2.45, 2.75) is 50.9 Å². The monoisotopic (exact) mass is 279 g/mol. The van der Waals surface area contributed by atoms with Crippen molar-refractivity contribution in [3.05, 3.63) is 0 Å². The number of hydrogen-bond acceptors (Lipinski definition) is 4. The van der Waals surface area contributed by atoms with E-state index in [-0.39, 0.29) is 5.91 Å². The number of imide groups is 1. The van der Waals surface area contributed by atoms with Gasteiger partial charge in [-0.1, -0.05) is 0 Å². The van der Waals surface area contributed by atoms with Crippen LogP contribution in [-0.2, 0) is 9.53 Å². The molecule has 2 fully saturated rings. The average molecular weight is 279 g/mol. The van der Waals surface area contributed by atoms with Crippen molar-refractivity contribution < 1.29 is 14.3 Å². The minimum Gasteiger partial charge on any atom is -0.366 e. The number of carbonyl (C=O) groups excluding carboxylic acids is 2. The largest absolute Gasteiger partial charge is 0.366 e. The number of hydrogen-bond donors (Lipinski definition) is 0. The molecule has 1 aliphatic heterocycles. The molecule has 1 heterocycles. The Bertz CT molecular complexity index is 499. The van der Waals surface area contributed by atoms with Crippen LogP contribution < -0.4 is 0 Å². The van der Waals surface area contributed by atoms with Crippen molar-refractivity contribution in [3.8, 4) is 6.07 Å². The van der Waals surface area contributed by atoms with Crippen molar-refractivity contribution >= 4 is 11.9 Å². The second-order valence-corrected chi connectivity index (χ2v) is 6.82. The van der Waals surface area contributed by atoms with Gasteiger partial charge < -0.3 is 9.64 Å². The Labute approximate surface area is 119 Å².